The summed E-state index contributed by atoms with van der Waals surface area (Å²) in [5.41, 5.74) is 0.161. The number of nitrogens with one attached hydrogen (secondary N) is 1. The predicted molar refractivity (Wildman–Crippen MR) is 51.6 cm³/mol. The van der Waals surface area contributed by atoms with E-state index in [0.29, 0.717) is 12.3 Å². The lowest BCUT2D eigenvalue weighted by Gasteiger charge is -2.25. The topological polar surface area (TPSA) is 78.6 Å². The first kappa shape index (κ1) is 10.1. The number of aromatic carboxylic acids is 1. The second kappa shape index (κ2) is 4.41. The van der Waals surface area contributed by atoms with Crippen LogP contribution in [-0.4, -0.2) is 47.3 Å². The molecule has 1 aromatic heterocycles. The monoisotopic (exact) mass is 211 g/mol. The normalized spacial score (nSPS) is 17.9. The highest BCUT2D eigenvalue weighted by molar-refractivity contribution is 5.88. The van der Waals surface area contributed by atoms with Crippen LogP contribution in [0.5, 0.6) is 0 Å². The second-order valence-corrected chi connectivity index (χ2v) is 3.49. The molecule has 0 bridgehead atoms. The van der Waals surface area contributed by atoms with E-state index in [1.165, 1.54) is 6.20 Å². The highest BCUT2D eigenvalue weighted by atomic mass is 16.5. The SMILES string of the molecule is O=C(O)c1cnoc1CN1CCNCC1. The van der Waals surface area contributed by atoms with E-state index in [-0.39, 0.29) is 5.56 Å². The Balaban J connectivity index is 2.03. The Morgan fingerprint density at radius 1 is 1.60 bits per heavy atom. The van der Waals surface area contributed by atoms with Gasteiger partial charge < -0.3 is 14.9 Å². The van der Waals surface area contributed by atoms with Crippen molar-refractivity contribution in [1.82, 2.24) is 15.4 Å². The molecule has 0 unspecified atom stereocenters. The van der Waals surface area contributed by atoms with Gasteiger partial charge in [0.05, 0.1) is 12.7 Å². The zero-order valence-corrected chi connectivity index (χ0v) is 8.27. The van der Waals surface area contributed by atoms with Gasteiger partial charge in [0.1, 0.15) is 5.56 Å². The van der Waals surface area contributed by atoms with E-state index >= 15 is 0 Å². The van der Waals surface area contributed by atoms with Crippen LogP contribution in [-0.2, 0) is 6.54 Å². The van der Waals surface area contributed by atoms with Gasteiger partial charge >= 0.3 is 5.97 Å². The van der Waals surface area contributed by atoms with Gasteiger partial charge in [-0.3, -0.25) is 4.90 Å². The van der Waals surface area contributed by atoms with E-state index in [1.54, 1.807) is 0 Å². The zero-order valence-electron chi connectivity index (χ0n) is 8.27. The Kier molecular flexibility index (Phi) is 2.98. The van der Waals surface area contributed by atoms with Crippen molar-refractivity contribution in [1.29, 1.82) is 0 Å². The maximum atomic E-state index is 10.8. The van der Waals surface area contributed by atoms with Gasteiger partial charge in [-0.15, -0.1) is 0 Å². The minimum atomic E-state index is -0.985. The van der Waals surface area contributed by atoms with Crippen LogP contribution in [0.15, 0.2) is 10.7 Å². The quantitative estimate of drug-likeness (QED) is 0.719. The molecular formula is C9H13N3O3. The van der Waals surface area contributed by atoms with Crippen LogP contribution in [0.2, 0.25) is 0 Å². The first-order chi connectivity index (χ1) is 7.27. The fourth-order valence-electron chi connectivity index (χ4n) is 1.62. The summed E-state index contributed by atoms with van der Waals surface area (Å²) < 4.78 is 4.94. The van der Waals surface area contributed by atoms with Gasteiger partial charge in [-0.1, -0.05) is 5.16 Å². The van der Waals surface area contributed by atoms with Gasteiger partial charge in [0.2, 0.25) is 0 Å². The largest absolute Gasteiger partial charge is 0.478 e. The predicted octanol–water partition coefficient (Wildman–Crippen LogP) is -0.222. The van der Waals surface area contributed by atoms with E-state index < -0.39 is 5.97 Å². The molecule has 0 aromatic carbocycles. The molecule has 0 saturated carbocycles. The first-order valence-corrected chi connectivity index (χ1v) is 4.87. The third-order valence-electron chi connectivity index (χ3n) is 2.45. The molecule has 1 aliphatic heterocycles. The summed E-state index contributed by atoms with van der Waals surface area (Å²) in [4.78, 5) is 12.9. The van der Waals surface area contributed by atoms with Crippen LogP contribution in [0, 0.1) is 0 Å². The van der Waals surface area contributed by atoms with E-state index in [2.05, 4.69) is 15.4 Å². The second-order valence-electron chi connectivity index (χ2n) is 3.49. The van der Waals surface area contributed by atoms with Crippen LogP contribution in [0.1, 0.15) is 16.1 Å². The lowest BCUT2D eigenvalue weighted by molar-refractivity contribution is 0.0692. The average Bonchev–Trinajstić information content (AvgIpc) is 2.67. The van der Waals surface area contributed by atoms with Crippen molar-refractivity contribution in [3.8, 4) is 0 Å². The Labute approximate surface area is 86.8 Å². The number of rotatable bonds is 3. The Bertz CT molecular complexity index is 344. The molecule has 0 amide bonds. The standard InChI is InChI=1S/C9H13N3O3/c13-9(14)7-5-11-15-8(7)6-12-3-1-10-2-4-12/h5,10H,1-4,6H2,(H,13,14). The molecule has 0 radical (unpaired) electrons. The smallest absolute Gasteiger partial charge is 0.341 e. The van der Waals surface area contributed by atoms with Crippen LogP contribution in [0.25, 0.3) is 0 Å². The lowest BCUT2D eigenvalue weighted by atomic mass is 10.2. The van der Waals surface area contributed by atoms with Crippen LogP contribution in [0.4, 0.5) is 0 Å². The molecule has 1 aromatic rings. The zero-order chi connectivity index (χ0) is 10.7. The Morgan fingerprint density at radius 3 is 3.00 bits per heavy atom. The molecule has 0 atom stereocenters. The third kappa shape index (κ3) is 2.34. The van der Waals surface area contributed by atoms with Gasteiger partial charge in [-0.05, 0) is 0 Å². The highest BCUT2D eigenvalue weighted by Gasteiger charge is 2.18. The van der Waals surface area contributed by atoms with Gasteiger partial charge in [0, 0.05) is 26.2 Å². The number of piperazine rings is 1. The van der Waals surface area contributed by atoms with E-state index in [0.717, 1.165) is 26.2 Å². The fraction of sp³-hybridized carbons (Fsp3) is 0.556. The molecule has 15 heavy (non-hydrogen) atoms. The maximum Gasteiger partial charge on any atom is 0.341 e. The number of aromatic nitrogens is 1. The van der Waals surface area contributed by atoms with Crippen LogP contribution < -0.4 is 5.32 Å². The lowest BCUT2D eigenvalue weighted by Crippen LogP contribution is -2.43. The molecule has 0 spiro atoms. The van der Waals surface area contributed by atoms with Crippen molar-refractivity contribution in [3.63, 3.8) is 0 Å². The van der Waals surface area contributed by atoms with Crippen molar-refractivity contribution in [2.75, 3.05) is 26.2 Å². The molecule has 6 heteroatoms. The average molecular weight is 211 g/mol. The number of hydrogen-bond donors (Lipinski definition) is 2. The van der Waals surface area contributed by atoms with Gasteiger partial charge in [-0.2, -0.15) is 0 Å². The Morgan fingerprint density at radius 2 is 2.33 bits per heavy atom. The van der Waals surface area contributed by atoms with Crippen molar-refractivity contribution in [2.45, 2.75) is 6.54 Å². The number of nitrogens with zero attached hydrogens (tertiary/aromatic N) is 2. The van der Waals surface area contributed by atoms with E-state index in [1.807, 2.05) is 0 Å². The summed E-state index contributed by atoms with van der Waals surface area (Å²) in [6.07, 6.45) is 1.25. The molecule has 0 aliphatic carbocycles. The molecule has 1 fully saturated rings. The summed E-state index contributed by atoms with van der Waals surface area (Å²) in [6.45, 7) is 4.18. The van der Waals surface area contributed by atoms with Crippen molar-refractivity contribution < 1.29 is 14.4 Å². The molecule has 2 heterocycles. The molecule has 1 aliphatic rings. The summed E-state index contributed by atoms with van der Waals surface area (Å²) in [5, 5.41) is 15.6. The van der Waals surface area contributed by atoms with Crippen molar-refractivity contribution >= 4 is 5.97 Å². The summed E-state index contributed by atoms with van der Waals surface area (Å²) in [5.74, 6) is -0.550. The molecule has 2 rings (SSSR count). The van der Waals surface area contributed by atoms with E-state index in [4.69, 9.17) is 9.63 Å². The Hall–Kier alpha value is -1.40. The molecule has 6 nitrogen and oxygen atoms in total. The van der Waals surface area contributed by atoms with Crippen molar-refractivity contribution in [2.24, 2.45) is 0 Å². The maximum absolute atomic E-state index is 10.8. The third-order valence-corrected chi connectivity index (χ3v) is 2.45. The van der Waals surface area contributed by atoms with Gasteiger partial charge in [-0.25, -0.2) is 4.79 Å². The molecular weight excluding hydrogens is 198 g/mol. The highest BCUT2D eigenvalue weighted by Crippen LogP contribution is 2.11. The van der Waals surface area contributed by atoms with Crippen LogP contribution >= 0.6 is 0 Å². The fourth-order valence-corrected chi connectivity index (χ4v) is 1.62. The molecule has 2 N–H and O–H groups in total. The minimum absolute atomic E-state index is 0.161. The minimum Gasteiger partial charge on any atom is -0.478 e. The number of carboxylic acids is 1. The van der Waals surface area contributed by atoms with Crippen LogP contribution in [0.3, 0.4) is 0 Å². The number of carboxylic acid groups (broad SMARTS) is 1. The summed E-state index contributed by atoms with van der Waals surface area (Å²) in [6, 6.07) is 0. The van der Waals surface area contributed by atoms with Crippen molar-refractivity contribution in [3.05, 3.63) is 17.5 Å². The summed E-state index contributed by atoms with van der Waals surface area (Å²) >= 11 is 0. The van der Waals surface area contributed by atoms with E-state index in [9.17, 15) is 4.79 Å². The first-order valence-electron chi connectivity index (χ1n) is 4.87. The van der Waals surface area contributed by atoms with Gasteiger partial charge in [0.15, 0.2) is 5.76 Å². The molecule has 1 saturated heterocycles. The molecule has 82 valence electrons. The van der Waals surface area contributed by atoms with Gasteiger partial charge in [0.25, 0.3) is 0 Å². The number of carbonyl (C=O) groups is 1. The summed E-state index contributed by atoms with van der Waals surface area (Å²) in [7, 11) is 0. The number of hydrogen-bond acceptors (Lipinski definition) is 5.